The maximum absolute atomic E-state index is 12.4. The van der Waals surface area contributed by atoms with Gasteiger partial charge in [-0.3, -0.25) is 4.79 Å². The van der Waals surface area contributed by atoms with Crippen LogP contribution in [-0.2, 0) is 0 Å². The fourth-order valence-electron chi connectivity index (χ4n) is 2.54. The fraction of sp³-hybridized carbons (Fsp3) is 0.278. The molecule has 3 rings (SSSR count). The van der Waals surface area contributed by atoms with E-state index in [0.29, 0.717) is 12.2 Å². The molecular weight excluding hydrogens is 290 g/mol. The van der Waals surface area contributed by atoms with Crippen LogP contribution in [0.1, 0.15) is 10.4 Å². The molecule has 0 saturated heterocycles. The molecule has 2 aromatic carbocycles. The van der Waals surface area contributed by atoms with Crippen molar-refractivity contribution < 1.29 is 9.53 Å². The van der Waals surface area contributed by atoms with Crippen LogP contribution in [0.4, 0.5) is 17.1 Å². The average molecular weight is 311 g/mol. The molecule has 0 aromatic heterocycles. The van der Waals surface area contributed by atoms with Gasteiger partial charge in [-0.05, 0) is 42.5 Å². The number of amides is 1. The monoisotopic (exact) mass is 311 g/mol. The molecule has 1 heterocycles. The smallest absolute Gasteiger partial charge is 0.255 e. The topological polar surface area (TPSA) is 44.8 Å². The van der Waals surface area contributed by atoms with E-state index < -0.39 is 0 Å². The molecule has 0 unspecified atom stereocenters. The molecule has 0 spiro atoms. The molecule has 0 radical (unpaired) electrons. The number of likely N-dealkylation sites (N-methyl/N-ethyl adjacent to an activating group) is 1. The third kappa shape index (κ3) is 3.23. The molecule has 120 valence electrons. The molecule has 2 aromatic rings. The molecule has 5 nitrogen and oxygen atoms in total. The summed E-state index contributed by atoms with van der Waals surface area (Å²) >= 11 is 0. The lowest BCUT2D eigenvalue weighted by molar-refractivity contribution is 0.102. The summed E-state index contributed by atoms with van der Waals surface area (Å²) in [4.78, 5) is 16.5. The van der Waals surface area contributed by atoms with Crippen LogP contribution in [0, 0.1) is 0 Å². The zero-order valence-electron chi connectivity index (χ0n) is 13.7. The molecule has 5 heteroatoms. The van der Waals surface area contributed by atoms with Crippen LogP contribution in [0.5, 0.6) is 5.75 Å². The first-order valence-corrected chi connectivity index (χ1v) is 7.61. The van der Waals surface area contributed by atoms with Gasteiger partial charge in [-0.1, -0.05) is 0 Å². The second-order valence-corrected chi connectivity index (χ2v) is 5.85. The highest BCUT2D eigenvalue weighted by Crippen LogP contribution is 2.33. The van der Waals surface area contributed by atoms with Gasteiger partial charge in [0.2, 0.25) is 0 Å². The third-order valence-corrected chi connectivity index (χ3v) is 3.96. The van der Waals surface area contributed by atoms with E-state index in [4.69, 9.17) is 4.74 Å². The van der Waals surface area contributed by atoms with Crippen LogP contribution in [-0.4, -0.2) is 40.2 Å². The lowest BCUT2D eigenvalue weighted by Gasteiger charge is -2.28. The van der Waals surface area contributed by atoms with Gasteiger partial charge < -0.3 is 19.9 Å². The number of rotatable bonds is 3. The van der Waals surface area contributed by atoms with Crippen LogP contribution in [0.2, 0.25) is 0 Å². The fourth-order valence-corrected chi connectivity index (χ4v) is 2.54. The van der Waals surface area contributed by atoms with Crippen molar-refractivity contribution in [3.63, 3.8) is 0 Å². The zero-order chi connectivity index (χ0) is 16.4. The van der Waals surface area contributed by atoms with E-state index >= 15 is 0 Å². The van der Waals surface area contributed by atoms with Gasteiger partial charge in [-0.15, -0.1) is 0 Å². The van der Waals surface area contributed by atoms with Crippen LogP contribution < -0.4 is 19.9 Å². The molecule has 1 N–H and O–H groups in total. The standard InChI is InChI=1S/C18H21N3O2/c1-20(2)15-7-4-13(5-8-15)18(22)19-14-6-9-17-16(12-14)21(3)10-11-23-17/h4-9,12H,10-11H2,1-3H3,(H,19,22). The molecule has 23 heavy (non-hydrogen) atoms. The number of hydrogen-bond acceptors (Lipinski definition) is 4. The summed E-state index contributed by atoms with van der Waals surface area (Å²) in [7, 11) is 5.97. The Morgan fingerprint density at radius 2 is 1.91 bits per heavy atom. The molecular formula is C18H21N3O2. The van der Waals surface area contributed by atoms with Crippen molar-refractivity contribution in [2.75, 3.05) is 49.4 Å². The van der Waals surface area contributed by atoms with Gasteiger partial charge in [0.15, 0.2) is 0 Å². The van der Waals surface area contributed by atoms with E-state index in [-0.39, 0.29) is 5.91 Å². The SMILES string of the molecule is CN(C)c1ccc(C(=O)Nc2ccc3c(c2)N(C)CCO3)cc1. The van der Waals surface area contributed by atoms with E-state index in [1.165, 1.54) is 0 Å². The predicted octanol–water partition coefficient (Wildman–Crippen LogP) is 2.83. The number of carbonyl (C=O) groups is 1. The molecule has 1 amide bonds. The Hall–Kier alpha value is -2.69. The van der Waals surface area contributed by atoms with Crippen molar-refractivity contribution in [3.05, 3.63) is 48.0 Å². The molecule has 0 atom stereocenters. The first-order valence-electron chi connectivity index (χ1n) is 7.61. The Morgan fingerprint density at radius 3 is 2.61 bits per heavy atom. The lowest BCUT2D eigenvalue weighted by Crippen LogP contribution is -2.28. The third-order valence-electron chi connectivity index (χ3n) is 3.96. The molecule has 0 bridgehead atoms. The van der Waals surface area contributed by atoms with Crippen LogP contribution >= 0.6 is 0 Å². The maximum Gasteiger partial charge on any atom is 0.255 e. The summed E-state index contributed by atoms with van der Waals surface area (Å²) in [6.07, 6.45) is 0. The average Bonchev–Trinajstić information content (AvgIpc) is 2.55. The van der Waals surface area contributed by atoms with Gasteiger partial charge in [0.25, 0.3) is 5.91 Å². The van der Waals surface area contributed by atoms with E-state index in [1.54, 1.807) is 0 Å². The summed E-state index contributed by atoms with van der Waals surface area (Å²) in [5.74, 6) is 0.738. The Kier molecular flexibility index (Phi) is 4.10. The second kappa shape index (κ2) is 6.20. The van der Waals surface area contributed by atoms with Gasteiger partial charge in [0.05, 0.1) is 12.2 Å². The van der Waals surface area contributed by atoms with Crippen molar-refractivity contribution in [2.24, 2.45) is 0 Å². The van der Waals surface area contributed by atoms with Gasteiger partial charge in [0, 0.05) is 38.1 Å². The van der Waals surface area contributed by atoms with Gasteiger partial charge >= 0.3 is 0 Å². The largest absolute Gasteiger partial charge is 0.490 e. The molecule has 0 saturated carbocycles. The Morgan fingerprint density at radius 1 is 1.17 bits per heavy atom. The maximum atomic E-state index is 12.4. The first-order chi connectivity index (χ1) is 11.0. The second-order valence-electron chi connectivity index (χ2n) is 5.85. The summed E-state index contributed by atoms with van der Waals surface area (Å²) in [6.45, 7) is 1.53. The first kappa shape index (κ1) is 15.2. The lowest BCUT2D eigenvalue weighted by atomic mass is 10.1. The number of hydrogen-bond donors (Lipinski definition) is 1. The van der Waals surface area contributed by atoms with E-state index in [1.807, 2.05) is 68.5 Å². The number of fused-ring (bicyclic) bond motifs is 1. The van der Waals surface area contributed by atoms with Crippen molar-refractivity contribution in [1.82, 2.24) is 0 Å². The van der Waals surface area contributed by atoms with E-state index in [0.717, 1.165) is 29.4 Å². The Balaban J connectivity index is 1.76. The summed E-state index contributed by atoms with van der Waals surface area (Å²) in [6, 6.07) is 13.2. The van der Waals surface area contributed by atoms with Gasteiger partial charge in [-0.25, -0.2) is 0 Å². The van der Waals surface area contributed by atoms with Crippen molar-refractivity contribution in [1.29, 1.82) is 0 Å². The highest BCUT2D eigenvalue weighted by atomic mass is 16.5. The number of ether oxygens (including phenoxy) is 1. The number of carbonyl (C=O) groups excluding carboxylic acids is 1. The number of benzene rings is 2. The van der Waals surface area contributed by atoms with Gasteiger partial charge in [-0.2, -0.15) is 0 Å². The summed E-state index contributed by atoms with van der Waals surface area (Å²) in [5, 5.41) is 2.94. The number of anilines is 3. The molecule has 0 fully saturated rings. The van der Waals surface area contributed by atoms with Crippen molar-refractivity contribution in [2.45, 2.75) is 0 Å². The van der Waals surface area contributed by atoms with Crippen molar-refractivity contribution in [3.8, 4) is 5.75 Å². The number of nitrogens with one attached hydrogen (secondary N) is 1. The molecule has 1 aliphatic heterocycles. The Bertz CT molecular complexity index is 711. The van der Waals surface area contributed by atoms with Gasteiger partial charge in [0.1, 0.15) is 12.4 Å². The van der Waals surface area contributed by atoms with Crippen LogP contribution in [0.15, 0.2) is 42.5 Å². The predicted molar refractivity (Wildman–Crippen MR) is 93.9 cm³/mol. The minimum Gasteiger partial charge on any atom is -0.490 e. The van der Waals surface area contributed by atoms with Crippen molar-refractivity contribution >= 4 is 23.0 Å². The molecule has 1 aliphatic rings. The highest BCUT2D eigenvalue weighted by molar-refractivity contribution is 6.04. The zero-order valence-corrected chi connectivity index (χ0v) is 13.7. The summed E-state index contributed by atoms with van der Waals surface area (Å²) < 4.78 is 5.62. The van der Waals surface area contributed by atoms with Crippen LogP contribution in [0.25, 0.3) is 0 Å². The number of nitrogens with zero attached hydrogens (tertiary/aromatic N) is 2. The van der Waals surface area contributed by atoms with E-state index in [9.17, 15) is 4.79 Å². The minimum atomic E-state index is -0.116. The normalized spacial score (nSPS) is 13.1. The Labute approximate surface area is 136 Å². The summed E-state index contributed by atoms with van der Waals surface area (Å²) in [5.41, 5.74) is 3.46. The molecule has 0 aliphatic carbocycles. The highest BCUT2D eigenvalue weighted by Gasteiger charge is 2.16. The quantitative estimate of drug-likeness (QED) is 0.947. The van der Waals surface area contributed by atoms with E-state index in [2.05, 4.69) is 10.2 Å². The minimum absolute atomic E-state index is 0.116. The van der Waals surface area contributed by atoms with Crippen LogP contribution in [0.3, 0.4) is 0 Å².